The third-order valence-corrected chi connectivity index (χ3v) is 5.80. The van der Waals surface area contributed by atoms with Crippen molar-refractivity contribution in [3.05, 3.63) is 0 Å². The predicted octanol–water partition coefficient (Wildman–Crippen LogP) is 3.45. The summed E-state index contributed by atoms with van der Waals surface area (Å²) in [5.74, 6) is -2.70. The maximum atomic E-state index is 11.6. The van der Waals surface area contributed by atoms with E-state index in [4.69, 9.17) is 14.4 Å². The average Bonchev–Trinajstić information content (AvgIpc) is 2.61. The van der Waals surface area contributed by atoms with Crippen molar-refractivity contribution in [2.45, 2.75) is 108 Å². The summed E-state index contributed by atoms with van der Waals surface area (Å²) in [6, 6.07) is 0. The zero-order valence-corrected chi connectivity index (χ0v) is 18.1. The summed E-state index contributed by atoms with van der Waals surface area (Å²) in [4.78, 5) is 22.2. The van der Waals surface area contributed by atoms with Gasteiger partial charge in [0, 0.05) is 0 Å². The molecule has 2 N–H and O–H groups in total. The Bertz CT molecular complexity index is 527. The number of carbonyl (C=O) groups is 2. The van der Waals surface area contributed by atoms with Gasteiger partial charge in [0.15, 0.2) is 5.25 Å². The van der Waals surface area contributed by atoms with Crippen LogP contribution in [0.4, 0.5) is 0 Å². The van der Waals surface area contributed by atoms with Crippen molar-refractivity contribution in [1.82, 2.24) is 0 Å². The second-order valence-corrected chi connectivity index (χ2v) is 8.96. The average molecular weight is 471 g/mol. The van der Waals surface area contributed by atoms with E-state index in [0.717, 1.165) is 19.3 Å². The van der Waals surface area contributed by atoms with Crippen molar-refractivity contribution in [2.24, 2.45) is 0 Å². The number of esters is 1. The molecule has 30 heavy (non-hydrogen) atoms. The van der Waals surface area contributed by atoms with E-state index in [-0.39, 0.29) is 65.7 Å². The number of unbranched alkanes of at least 4 members (excludes halogenated alkanes) is 13. The van der Waals surface area contributed by atoms with Gasteiger partial charge in [0.1, 0.15) is 0 Å². The number of carbonyl (C=O) groups excluding carboxylic acids is 1. The molecule has 0 aromatic carbocycles. The van der Waals surface area contributed by atoms with Gasteiger partial charge in [-0.3, -0.25) is 14.1 Å². The van der Waals surface area contributed by atoms with E-state index in [0.29, 0.717) is 6.42 Å². The Hall–Kier alpha value is 0.850. The molecule has 0 aliphatic heterocycles. The SMILES string of the molecule is CCCCCCCCCCCCCCCCOC(=O)C(CC(=O)O)S(=O)(=O)O.[NaH].[NaH]. The zero-order valence-electron chi connectivity index (χ0n) is 17.2. The van der Waals surface area contributed by atoms with Crippen molar-refractivity contribution in [3.8, 4) is 0 Å². The van der Waals surface area contributed by atoms with E-state index in [1.54, 1.807) is 0 Å². The van der Waals surface area contributed by atoms with Gasteiger partial charge < -0.3 is 9.84 Å². The Morgan fingerprint density at radius 3 is 1.47 bits per heavy atom. The molecule has 0 amide bonds. The van der Waals surface area contributed by atoms with Gasteiger partial charge in [-0.2, -0.15) is 8.42 Å². The summed E-state index contributed by atoms with van der Waals surface area (Å²) in [6.07, 6.45) is 15.7. The fourth-order valence-electron chi connectivity index (χ4n) is 3.03. The van der Waals surface area contributed by atoms with Gasteiger partial charge in [0.05, 0.1) is 13.0 Å². The number of aliphatic carboxylic acids is 1. The summed E-state index contributed by atoms with van der Waals surface area (Å²) < 4.78 is 35.8. The van der Waals surface area contributed by atoms with Crippen LogP contribution in [0.15, 0.2) is 0 Å². The summed E-state index contributed by atoms with van der Waals surface area (Å²) in [7, 11) is -4.79. The van der Waals surface area contributed by atoms with Gasteiger partial charge in [-0.05, 0) is 6.42 Å². The first kappa shape index (κ1) is 35.4. The second kappa shape index (κ2) is 23.0. The summed E-state index contributed by atoms with van der Waals surface area (Å²) in [5.41, 5.74) is 0. The van der Waals surface area contributed by atoms with Gasteiger partial charge in [-0.25, -0.2) is 0 Å². The molecule has 0 radical (unpaired) electrons. The molecule has 0 aromatic heterocycles. The van der Waals surface area contributed by atoms with Crippen LogP contribution >= 0.6 is 0 Å². The first-order valence-electron chi connectivity index (χ1n) is 10.6. The predicted molar refractivity (Wildman–Crippen MR) is 123 cm³/mol. The van der Waals surface area contributed by atoms with Crippen molar-refractivity contribution >= 4 is 81.2 Å². The molecule has 170 valence electrons. The summed E-state index contributed by atoms with van der Waals surface area (Å²) in [6.45, 7) is 2.26. The molecule has 7 nitrogen and oxygen atoms in total. The minimum atomic E-state index is -4.79. The molecular formula is C20H40Na2O7S. The Kier molecular flexibility index (Phi) is 27.2. The van der Waals surface area contributed by atoms with E-state index in [1.807, 2.05) is 0 Å². The van der Waals surface area contributed by atoms with Gasteiger partial charge in [-0.15, -0.1) is 0 Å². The van der Waals surface area contributed by atoms with Gasteiger partial charge in [-0.1, -0.05) is 90.4 Å². The molecule has 1 unspecified atom stereocenters. The molecule has 0 saturated carbocycles. The van der Waals surface area contributed by atoms with Crippen LogP contribution in [0.25, 0.3) is 0 Å². The second-order valence-electron chi connectivity index (χ2n) is 7.37. The molecule has 1 atom stereocenters. The van der Waals surface area contributed by atoms with Gasteiger partial charge in [0.25, 0.3) is 10.1 Å². The van der Waals surface area contributed by atoms with E-state index in [1.165, 1.54) is 64.2 Å². The number of ether oxygens (including phenoxy) is 1. The van der Waals surface area contributed by atoms with E-state index < -0.39 is 33.7 Å². The van der Waals surface area contributed by atoms with Crippen LogP contribution < -0.4 is 0 Å². The number of carboxylic acid groups (broad SMARTS) is 1. The van der Waals surface area contributed by atoms with Crippen molar-refractivity contribution in [2.75, 3.05) is 6.61 Å². The van der Waals surface area contributed by atoms with Crippen LogP contribution in [0.1, 0.15) is 103 Å². The van der Waals surface area contributed by atoms with Crippen molar-refractivity contribution in [1.29, 1.82) is 0 Å². The number of carboxylic acids is 1. The monoisotopic (exact) mass is 470 g/mol. The van der Waals surface area contributed by atoms with Crippen LogP contribution in [-0.2, 0) is 24.4 Å². The maximum absolute atomic E-state index is 11.6. The molecule has 10 heteroatoms. The molecule has 0 aliphatic carbocycles. The first-order valence-corrected chi connectivity index (χ1v) is 12.1. The van der Waals surface area contributed by atoms with Crippen LogP contribution in [0.2, 0.25) is 0 Å². The molecular weight excluding hydrogens is 430 g/mol. The van der Waals surface area contributed by atoms with Crippen LogP contribution in [-0.4, -0.2) is 101 Å². The van der Waals surface area contributed by atoms with E-state index in [2.05, 4.69) is 6.92 Å². The van der Waals surface area contributed by atoms with Gasteiger partial charge >= 0.3 is 71.1 Å². The molecule has 0 aromatic rings. The Balaban J connectivity index is -0.00000364. The topological polar surface area (TPSA) is 118 Å². The number of rotatable bonds is 19. The molecule has 0 spiro atoms. The van der Waals surface area contributed by atoms with Crippen LogP contribution in [0, 0.1) is 0 Å². The standard InChI is InChI=1S/C20H38O7S.2Na.2H/c1-2-3-4-5-6-7-8-9-10-11-12-13-14-15-16-27-20(23)18(17-19(21)22)28(24,25)26;;;;/h18H,2-17H2,1H3,(H,21,22)(H,24,25,26);;;;. The fraction of sp³-hybridized carbons (Fsp3) is 0.900. The fourth-order valence-corrected chi connectivity index (χ4v) is 3.70. The van der Waals surface area contributed by atoms with E-state index >= 15 is 0 Å². The normalized spacial score (nSPS) is 11.8. The van der Waals surface area contributed by atoms with Gasteiger partial charge in [0.2, 0.25) is 0 Å². The minimum absolute atomic E-state index is 0. The molecule has 0 rings (SSSR count). The molecule has 0 bridgehead atoms. The summed E-state index contributed by atoms with van der Waals surface area (Å²) >= 11 is 0. The molecule has 0 fully saturated rings. The van der Waals surface area contributed by atoms with Crippen molar-refractivity contribution < 1.29 is 32.4 Å². The Morgan fingerprint density at radius 1 is 0.767 bits per heavy atom. The van der Waals surface area contributed by atoms with Crippen LogP contribution in [0.5, 0.6) is 0 Å². The first-order chi connectivity index (χ1) is 13.3. The Morgan fingerprint density at radius 2 is 1.13 bits per heavy atom. The zero-order chi connectivity index (χ0) is 21.3. The quantitative estimate of drug-likeness (QED) is 0.128. The molecule has 0 heterocycles. The molecule has 0 aliphatic rings. The number of hydrogen-bond donors (Lipinski definition) is 2. The molecule has 0 saturated heterocycles. The third-order valence-electron chi connectivity index (χ3n) is 4.72. The Labute approximate surface area is 226 Å². The number of hydrogen-bond acceptors (Lipinski definition) is 5. The van der Waals surface area contributed by atoms with Crippen LogP contribution in [0.3, 0.4) is 0 Å². The summed E-state index contributed by atoms with van der Waals surface area (Å²) in [5, 5.41) is 6.56. The third kappa shape index (κ3) is 22.1. The van der Waals surface area contributed by atoms with E-state index in [9.17, 15) is 18.0 Å². The van der Waals surface area contributed by atoms with Crippen molar-refractivity contribution in [3.63, 3.8) is 0 Å².